The molecule has 1 fully saturated rings. The molecule has 5 nitrogen and oxygen atoms in total. The van der Waals surface area contributed by atoms with E-state index in [1.807, 2.05) is 12.1 Å². The second-order valence-corrected chi connectivity index (χ2v) is 6.70. The van der Waals surface area contributed by atoms with Crippen LogP contribution < -0.4 is 5.43 Å². The maximum atomic E-state index is 12.4. The molecule has 1 saturated heterocycles. The van der Waals surface area contributed by atoms with Crippen LogP contribution in [0.4, 0.5) is 0 Å². The van der Waals surface area contributed by atoms with E-state index in [4.69, 9.17) is 23.8 Å². The predicted octanol–water partition coefficient (Wildman–Crippen LogP) is 3.21. The Balaban J connectivity index is 1.75. The van der Waals surface area contributed by atoms with Crippen molar-refractivity contribution in [2.24, 2.45) is 0 Å². The zero-order chi connectivity index (χ0) is 16.4. The SMILES string of the molecule is O=C(NN1C(=O)C(=Cc2ccc[nH]2)SC1=S)c1ccc(Cl)cc1. The van der Waals surface area contributed by atoms with E-state index in [2.05, 4.69) is 10.4 Å². The zero-order valence-corrected chi connectivity index (χ0v) is 14.0. The molecular weight excluding hydrogens is 354 g/mol. The van der Waals surface area contributed by atoms with Gasteiger partial charge in [0.2, 0.25) is 0 Å². The molecule has 1 aromatic carbocycles. The highest BCUT2D eigenvalue weighted by Gasteiger charge is 2.33. The third-order valence-electron chi connectivity index (χ3n) is 3.02. The van der Waals surface area contributed by atoms with E-state index >= 15 is 0 Å². The molecule has 0 atom stereocenters. The summed E-state index contributed by atoms with van der Waals surface area (Å²) in [7, 11) is 0. The fraction of sp³-hybridized carbons (Fsp3) is 0. The van der Waals surface area contributed by atoms with Crippen LogP contribution in [0.1, 0.15) is 16.1 Å². The Bertz CT molecular complexity index is 801. The summed E-state index contributed by atoms with van der Waals surface area (Å²) >= 11 is 12.1. The number of nitrogens with one attached hydrogen (secondary N) is 2. The van der Waals surface area contributed by atoms with Gasteiger partial charge in [-0.05, 0) is 54.7 Å². The van der Waals surface area contributed by atoms with Gasteiger partial charge in [-0.2, -0.15) is 5.01 Å². The van der Waals surface area contributed by atoms with Crippen LogP contribution in [0.3, 0.4) is 0 Å². The van der Waals surface area contributed by atoms with E-state index in [1.54, 1.807) is 36.5 Å². The van der Waals surface area contributed by atoms with E-state index in [0.29, 0.717) is 15.5 Å². The normalized spacial score (nSPS) is 16.2. The first kappa shape index (κ1) is 15.8. The van der Waals surface area contributed by atoms with E-state index < -0.39 is 5.91 Å². The minimum atomic E-state index is -0.431. The molecule has 0 unspecified atom stereocenters. The summed E-state index contributed by atoms with van der Waals surface area (Å²) in [6.07, 6.45) is 3.45. The molecule has 23 heavy (non-hydrogen) atoms. The van der Waals surface area contributed by atoms with Crippen LogP contribution >= 0.6 is 35.6 Å². The lowest BCUT2D eigenvalue weighted by Gasteiger charge is -2.15. The first-order valence-electron chi connectivity index (χ1n) is 6.52. The van der Waals surface area contributed by atoms with Crippen molar-refractivity contribution in [1.82, 2.24) is 15.4 Å². The average Bonchev–Trinajstić information content (AvgIpc) is 3.12. The lowest BCUT2D eigenvalue weighted by molar-refractivity contribution is -0.123. The predicted molar refractivity (Wildman–Crippen MR) is 94.7 cm³/mol. The Morgan fingerprint density at radius 2 is 2.04 bits per heavy atom. The van der Waals surface area contributed by atoms with E-state index in [1.165, 1.54) is 0 Å². The van der Waals surface area contributed by atoms with Gasteiger partial charge in [0.1, 0.15) is 0 Å². The standard InChI is InChI=1S/C15H10ClN3O2S2/c16-10-5-3-9(4-6-10)13(20)18-19-14(21)12(23-15(19)22)8-11-2-1-7-17-11/h1-8,17H,(H,18,20). The maximum absolute atomic E-state index is 12.4. The molecular formula is C15H10ClN3O2S2. The van der Waals surface area contributed by atoms with Crippen LogP contribution in [0.5, 0.6) is 0 Å². The largest absolute Gasteiger partial charge is 0.362 e. The number of aromatic nitrogens is 1. The number of hydrogen-bond donors (Lipinski definition) is 2. The molecule has 2 amide bonds. The number of thiocarbonyl (C=S) groups is 1. The number of benzene rings is 1. The van der Waals surface area contributed by atoms with Crippen LogP contribution in [0.15, 0.2) is 47.5 Å². The van der Waals surface area contributed by atoms with Gasteiger partial charge in [0.05, 0.1) is 4.91 Å². The van der Waals surface area contributed by atoms with Gasteiger partial charge < -0.3 is 4.98 Å². The summed E-state index contributed by atoms with van der Waals surface area (Å²) in [5.41, 5.74) is 3.68. The highest BCUT2D eigenvalue weighted by atomic mass is 35.5. The topological polar surface area (TPSA) is 65.2 Å². The number of H-pyrrole nitrogens is 1. The molecule has 1 aliphatic heterocycles. The Kier molecular flexibility index (Phi) is 4.51. The summed E-state index contributed by atoms with van der Waals surface area (Å²) in [6, 6.07) is 10.0. The smallest absolute Gasteiger partial charge is 0.285 e. The highest BCUT2D eigenvalue weighted by Crippen LogP contribution is 2.31. The number of hydrazine groups is 1. The summed E-state index contributed by atoms with van der Waals surface area (Å²) in [5, 5.41) is 1.60. The lowest BCUT2D eigenvalue weighted by Crippen LogP contribution is -2.44. The highest BCUT2D eigenvalue weighted by molar-refractivity contribution is 8.26. The quantitative estimate of drug-likeness (QED) is 0.649. The molecule has 0 spiro atoms. The number of hydrogen-bond acceptors (Lipinski definition) is 4. The van der Waals surface area contributed by atoms with Gasteiger partial charge in [0.15, 0.2) is 4.32 Å². The second kappa shape index (κ2) is 6.57. The van der Waals surface area contributed by atoms with Gasteiger partial charge in [-0.3, -0.25) is 15.0 Å². The van der Waals surface area contributed by atoms with E-state index in [9.17, 15) is 9.59 Å². The zero-order valence-electron chi connectivity index (χ0n) is 11.6. The minimum Gasteiger partial charge on any atom is -0.362 e. The molecule has 1 aliphatic rings. The monoisotopic (exact) mass is 363 g/mol. The average molecular weight is 364 g/mol. The number of thioether (sulfide) groups is 1. The van der Waals surface area contributed by atoms with Gasteiger partial charge in [-0.1, -0.05) is 23.4 Å². The van der Waals surface area contributed by atoms with Gasteiger partial charge in [-0.15, -0.1) is 0 Å². The number of carbonyl (C=O) groups excluding carboxylic acids is 2. The number of carbonyl (C=O) groups is 2. The van der Waals surface area contributed by atoms with E-state index in [-0.39, 0.29) is 10.2 Å². The van der Waals surface area contributed by atoms with Gasteiger partial charge >= 0.3 is 0 Å². The fourth-order valence-corrected chi connectivity index (χ4v) is 3.20. The first-order valence-corrected chi connectivity index (χ1v) is 8.13. The Labute approximate surface area is 146 Å². The van der Waals surface area contributed by atoms with Crippen molar-refractivity contribution >= 4 is 57.8 Å². The van der Waals surface area contributed by atoms with Crippen molar-refractivity contribution in [3.8, 4) is 0 Å². The van der Waals surface area contributed by atoms with Gasteiger partial charge in [0.25, 0.3) is 11.8 Å². The van der Waals surface area contributed by atoms with Crippen molar-refractivity contribution in [2.75, 3.05) is 0 Å². The molecule has 116 valence electrons. The first-order chi connectivity index (χ1) is 11.0. The van der Waals surface area contributed by atoms with Crippen molar-refractivity contribution in [3.05, 3.63) is 63.8 Å². The summed E-state index contributed by atoms with van der Waals surface area (Å²) in [6.45, 7) is 0. The lowest BCUT2D eigenvalue weighted by atomic mass is 10.2. The van der Waals surface area contributed by atoms with Gasteiger partial charge in [0, 0.05) is 22.5 Å². The third-order valence-corrected chi connectivity index (χ3v) is 4.58. The Morgan fingerprint density at radius 3 is 2.70 bits per heavy atom. The molecule has 2 aromatic rings. The van der Waals surface area contributed by atoms with Crippen molar-refractivity contribution < 1.29 is 9.59 Å². The number of aromatic amines is 1. The Morgan fingerprint density at radius 1 is 1.30 bits per heavy atom. The van der Waals surface area contributed by atoms with Crippen LogP contribution in [0.25, 0.3) is 6.08 Å². The van der Waals surface area contributed by atoms with Crippen LogP contribution in [0.2, 0.25) is 5.02 Å². The summed E-state index contributed by atoms with van der Waals surface area (Å²) in [5.74, 6) is -0.795. The molecule has 1 aromatic heterocycles. The molecule has 3 rings (SSSR count). The molecule has 0 bridgehead atoms. The number of rotatable bonds is 3. The van der Waals surface area contributed by atoms with Crippen molar-refractivity contribution in [2.45, 2.75) is 0 Å². The second-order valence-electron chi connectivity index (χ2n) is 4.59. The fourth-order valence-electron chi connectivity index (χ4n) is 1.91. The number of halogens is 1. The minimum absolute atomic E-state index is 0.273. The maximum Gasteiger partial charge on any atom is 0.285 e. The van der Waals surface area contributed by atoms with Crippen LogP contribution in [0, 0.1) is 0 Å². The van der Waals surface area contributed by atoms with Crippen LogP contribution in [-0.2, 0) is 4.79 Å². The molecule has 0 aliphatic carbocycles. The molecule has 0 saturated carbocycles. The van der Waals surface area contributed by atoms with Crippen molar-refractivity contribution in [3.63, 3.8) is 0 Å². The molecule has 2 heterocycles. The summed E-state index contributed by atoms with van der Waals surface area (Å²) in [4.78, 5) is 28.0. The van der Waals surface area contributed by atoms with E-state index in [0.717, 1.165) is 22.5 Å². The molecule has 0 radical (unpaired) electrons. The number of amides is 2. The van der Waals surface area contributed by atoms with Crippen LogP contribution in [-0.4, -0.2) is 26.1 Å². The third kappa shape index (κ3) is 3.47. The van der Waals surface area contributed by atoms with Crippen molar-refractivity contribution in [1.29, 1.82) is 0 Å². The Hall–Kier alpha value is -2.09. The number of nitrogens with zero attached hydrogens (tertiary/aromatic N) is 1. The summed E-state index contributed by atoms with van der Waals surface area (Å²) < 4.78 is 0.273. The molecule has 2 N–H and O–H groups in total. The van der Waals surface area contributed by atoms with Gasteiger partial charge in [-0.25, -0.2) is 0 Å². The molecule has 8 heteroatoms.